The maximum absolute atomic E-state index is 10.5. The highest BCUT2D eigenvalue weighted by atomic mass is 16.7. The average molecular weight is 364 g/mol. The Morgan fingerprint density at radius 2 is 1.68 bits per heavy atom. The summed E-state index contributed by atoms with van der Waals surface area (Å²) < 4.78 is 17.1. The molecule has 0 aromatic rings. The standard InChI is InChI=1S/C15H32N4O6/c1-2-3-23-14-8(5-16)24-15(9(19)11(14)21)25-13-7(18)4-6(17)10(20)12(13)22/h6-15,20-22H,2-5,16-19H2,1H3. The van der Waals surface area contributed by atoms with E-state index in [0.717, 1.165) is 6.42 Å². The van der Waals surface area contributed by atoms with Gasteiger partial charge in [-0.05, 0) is 12.8 Å². The van der Waals surface area contributed by atoms with Gasteiger partial charge in [-0.25, -0.2) is 0 Å². The Labute approximate surface area is 147 Å². The summed E-state index contributed by atoms with van der Waals surface area (Å²) in [6, 6.07) is -2.16. The van der Waals surface area contributed by atoms with Crippen LogP contribution in [-0.4, -0.2) is 89.5 Å². The van der Waals surface area contributed by atoms with Crippen LogP contribution in [0, 0.1) is 0 Å². The van der Waals surface area contributed by atoms with E-state index in [-0.39, 0.29) is 13.0 Å². The van der Waals surface area contributed by atoms with Crippen LogP contribution in [0.4, 0.5) is 0 Å². The molecule has 1 saturated heterocycles. The second-order valence-electron chi connectivity index (χ2n) is 6.83. The molecule has 0 bridgehead atoms. The van der Waals surface area contributed by atoms with Crippen LogP contribution in [0.5, 0.6) is 0 Å². The molecule has 10 nitrogen and oxygen atoms in total. The molecule has 0 radical (unpaired) electrons. The first-order chi connectivity index (χ1) is 11.8. The molecular formula is C15H32N4O6. The van der Waals surface area contributed by atoms with Crippen molar-refractivity contribution in [1.82, 2.24) is 0 Å². The molecule has 10 unspecified atom stereocenters. The number of rotatable bonds is 6. The predicted molar refractivity (Wildman–Crippen MR) is 89.2 cm³/mol. The minimum Gasteiger partial charge on any atom is -0.389 e. The maximum atomic E-state index is 10.5. The van der Waals surface area contributed by atoms with Crippen LogP contribution in [0.1, 0.15) is 19.8 Å². The normalized spacial score (nSPS) is 48.5. The van der Waals surface area contributed by atoms with Crippen LogP contribution < -0.4 is 22.9 Å². The summed E-state index contributed by atoms with van der Waals surface area (Å²) in [6.45, 7) is 2.49. The zero-order chi connectivity index (χ0) is 18.7. The van der Waals surface area contributed by atoms with Crippen molar-refractivity contribution in [3.05, 3.63) is 0 Å². The van der Waals surface area contributed by atoms with Crippen molar-refractivity contribution < 1.29 is 29.5 Å². The van der Waals surface area contributed by atoms with Crippen LogP contribution in [-0.2, 0) is 14.2 Å². The van der Waals surface area contributed by atoms with E-state index in [2.05, 4.69) is 0 Å². The van der Waals surface area contributed by atoms with Gasteiger partial charge in [-0.15, -0.1) is 0 Å². The number of aliphatic hydroxyl groups is 3. The molecular weight excluding hydrogens is 332 g/mol. The summed E-state index contributed by atoms with van der Waals surface area (Å²) in [4.78, 5) is 0. The molecule has 11 N–H and O–H groups in total. The summed E-state index contributed by atoms with van der Waals surface area (Å²) in [6.07, 6.45) is -5.70. The van der Waals surface area contributed by atoms with E-state index in [4.69, 9.17) is 37.1 Å². The van der Waals surface area contributed by atoms with Crippen molar-refractivity contribution in [3.63, 3.8) is 0 Å². The average Bonchev–Trinajstić information content (AvgIpc) is 2.59. The fraction of sp³-hybridized carbons (Fsp3) is 1.00. The molecule has 2 aliphatic rings. The lowest BCUT2D eigenvalue weighted by atomic mass is 9.84. The fourth-order valence-corrected chi connectivity index (χ4v) is 3.34. The van der Waals surface area contributed by atoms with Crippen molar-refractivity contribution in [3.8, 4) is 0 Å². The highest BCUT2D eigenvalue weighted by Gasteiger charge is 2.48. The van der Waals surface area contributed by atoms with E-state index < -0.39 is 61.0 Å². The van der Waals surface area contributed by atoms with Gasteiger partial charge in [-0.2, -0.15) is 0 Å². The van der Waals surface area contributed by atoms with Crippen LogP contribution >= 0.6 is 0 Å². The summed E-state index contributed by atoms with van der Waals surface area (Å²) in [5.74, 6) is 0. The van der Waals surface area contributed by atoms with Gasteiger partial charge >= 0.3 is 0 Å². The van der Waals surface area contributed by atoms with Crippen LogP contribution in [0.25, 0.3) is 0 Å². The predicted octanol–water partition coefficient (Wildman–Crippen LogP) is -3.68. The number of ether oxygens (including phenoxy) is 3. The smallest absolute Gasteiger partial charge is 0.176 e. The van der Waals surface area contributed by atoms with Crippen LogP contribution in [0.3, 0.4) is 0 Å². The monoisotopic (exact) mass is 364 g/mol. The minimum absolute atomic E-state index is 0.102. The molecule has 1 aliphatic heterocycles. The molecule has 148 valence electrons. The fourth-order valence-electron chi connectivity index (χ4n) is 3.34. The van der Waals surface area contributed by atoms with Crippen molar-refractivity contribution in [2.45, 2.75) is 80.8 Å². The molecule has 2 rings (SSSR count). The third kappa shape index (κ3) is 4.48. The maximum Gasteiger partial charge on any atom is 0.176 e. The molecule has 25 heavy (non-hydrogen) atoms. The van der Waals surface area contributed by atoms with E-state index in [1.54, 1.807) is 0 Å². The molecule has 2 fully saturated rings. The number of hydrogen-bond acceptors (Lipinski definition) is 10. The van der Waals surface area contributed by atoms with Gasteiger partial charge in [0, 0.05) is 25.2 Å². The first-order valence-corrected chi connectivity index (χ1v) is 8.75. The molecule has 1 aliphatic carbocycles. The van der Waals surface area contributed by atoms with Gasteiger partial charge in [0.25, 0.3) is 0 Å². The van der Waals surface area contributed by atoms with Gasteiger partial charge < -0.3 is 52.5 Å². The Kier molecular flexibility index (Phi) is 7.52. The summed E-state index contributed by atoms with van der Waals surface area (Å²) in [5, 5.41) is 30.6. The third-order valence-electron chi connectivity index (χ3n) is 4.85. The Morgan fingerprint density at radius 3 is 2.28 bits per heavy atom. The number of hydrogen-bond donors (Lipinski definition) is 7. The largest absolute Gasteiger partial charge is 0.389 e. The lowest BCUT2D eigenvalue weighted by Crippen LogP contribution is -2.67. The Balaban J connectivity index is 2.06. The molecule has 10 heteroatoms. The van der Waals surface area contributed by atoms with E-state index >= 15 is 0 Å². The first-order valence-electron chi connectivity index (χ1n) is 8.75. The molecule has 0 aromatic carbocycles. The molecule has 0 amide bonds. The molecule has 10 atom stereocenters. The lowest BCUT2D eigenvalue weighted by Gasteiger charge is -2.46. The van der Waals surface area contributed by atoms with Crippen LogP contribution in [0.2, 0.25) is 0 Å². The second kappa shape index (κ2) is 9.00. The summed E-state index contributed by atoms with van der Waals surface area (Å²) in [5.41, 5.74) is 23.5. The SMILES string of the molecule is CCCOC1C(CN)OC(OC2C(N)CC(N)C(O)C2O)C(N)C1O. The third-order valence-corrected chi connectivity index (χ3v) is 4.85. The minimum atomic E-state index is -1.28. The topological polar surface area (TPSA) is 192 Å². The Bertz CT molecular complexity index is 417. The summed E-state index contributed by atoms with van der Waals surface area (Å²) in [7, 11) is 0. The Morgan fingerprint density at radius 1 is 1.00 bits per heavy atom. The molecule has 0 aromatic heterocycles. The number of aliphatic hydroxyl groups excluding tert-OH is 3. The van der Waals surface area contributed by atoms with E-state index in [1.165, 1.54) is 0 Å². The van der Waals surface area contributed by atoms with Crippen LogP contribution in [0.15, 0.2) is 0 Å². The van der Waals surface area contributed by atoms with Gasteiger partial charge in [0.05, 0.1) is 12.1 Å². The quantitative estimate of drug-likeness (QED) is 0.247. The van der Waals surface area contributed by atoms with E-state index in [1.807, 2.05) is 6.92 Å². The van der Waals surface area contributed by atoms with Crippen molar-refractivity contribution in [2.24, 2.45) is 22.9 Å². The lowest BCUT2D eigenvalue weighted by molar-refractivity contribution is -0.293. The second-order valence-corrected chi connectivity index (χ2v) is 6.83. The van der Waals surface area contributed by atoms with Gasteiger partial charge in [0.15, 0.2) is 6.29 Å². The molecule has 1 heterocycles. The van der Waals surface area contributed by atoms with Gasteiger partial charge in [-0.3, -0.25) is 0 Å². The van der Waals surface area contributed by atoms with Crippen molar-refractivity contribution >= 4 is 0 Å². The van der Waals surface area contributed by atoms with E-state index in [9.17, 15) is 15.3 Å². The summed E-state index contributed by atoms with van der Waals surface area (Å²) >= 11 is 0. The zero-order valence-electron chi connectivity index (χ0n) is 14.5. The van der Waals surface area contributed by atoms with Crippen molar-refractivity contribution in [1.29, 1.82) is 0 Å². The first kappa shape index (κ1) is 20.9. The number of nitrogens with two attached hydrogens (primary N) is 4. The molecule has 0 spiro atoms. The van der Waals surface area contributed by atoms with Gasteiger partial charge in [0.2, 0.25) is 0 Å². The zero-order valence-corrected chi connectivity index (χ0v) is 14.5. The highest BCUT2D eigenvalue weighted by Crippen LogP contribution is 2.28. The van der Waals surface area contributed by atoms with Crippen molar-refractivity contribution in [2.75, 3.05) is 13.2 Å². The van der Waals surface area contributed by atoms with Gasteiger partial charge in [-0.1, -0.05) is 6.92 Å². The highest BCUT2D eigenvalue weighted by molar-refractivity contribution is 4.99. The van der Waals surface area contributed by atoms with E-state index in [0.29, 0.717) is 6.61 Å². The van der Waals surface area contributed by atoms with Gasteiger partial charge in [0.1, 0.15) is 30.5 Å². The molecule has 1 saturated carbocycles. The Hall–Kier alpha value is -0.400.